The van der Waals surface area contributed by atoms with Crippen molar-refractivity contribution in [2.75, 3.05) is 25.1 Å². The van der Waals surface area contributed by atoms with Crippen LogP contribution in [0.1, 0.15) is 19.9 Å². The second-order valence-electron chi connectivity index (χ2n) is 7.12. The highest BCUT2D eigenvalue weighted by Gasteiger charge is 2.18. The van der Waals surface area contributed by atoms with Crippen LogP contribution in [0.25, 0.3) is 22.4 Å². The number of hydrogen-bond donors (Lipinski definition) is 0. The van der Waals surface area contributed by atoms with E-state index in [4.69, 9.17) is 14.7 Å². The van der Waals surface area contributed by atoms with E-state index in [2.05, 4.69) is 28.8 Å². The molecule has 0 unspecified atom stereocenters. The molecule has 148 valence electrons. The summed E-state index contributed by atoms with van der Waals surface area (Å²) >= 11 is 0. The van der Waals surface area contributed by atoms with Crippen LogP contribution in [0, 0.1) is 0 Å². The van der Waals surface area contributed by atoms with Crippen LogP contribution < -0.4 is 9.64 Å². The summed E-state index contributed by atoms with van der Waals surface area (Å²) in [5.74, 6) is 2.33. The number of benzene rings is 1. The summed E-state index contributed by atoms with van der Waals surface area (Å²) < 4.78 is 7.78. The number of anilines is 1. The molecule has 0 atom stereocenters. The molecule has 3 heterocycles. The van der Waals surface area contributed by atoms with Crippen molar-refractivity contribution in [3.05, 3.63) is 61.1 Å². The first-order chi connectivity index (χ1) is 14.1. The second kappa shape index (κ2) is 8.26. The number of nitrogens with zero attached hydrogens (tertiary/aromatic N) is 6. The third kappa shape index (κ3) is 4.03. The molecule has 0 N–H and O–H groups in total. The van der Waals surface area contributed by atoms with Gasteiger partial charge >= 0.3 is 0 Å². The molecule has 3 aromatic heterocycles. The lowest BCUT2D eigenvalue weighted by Gasteiger charge is -2.20. The molecular formula is C22H24N6O. The topological polar surface area (TPSA) is 69.0 Å². The van der Waals surface area contributed by atoms with Gasteiger partial charge in [-0.15, -0.1) is 0 Å². The Morgan fingerprint density at radius 1 is 1.03 bits per heavy atom. The number of hydrogen-bond acceptors (Lipinski definition) is 6. The van der Waals surface area contributed by atoms with Gasteiger partial charge in [-0.3, -0.25) is 4.98 Å². The summed E-state index contributed by atoms with van der Waals surface area (Å²) in [4.78, 5) is 15.9. The second-order valence-corrected chi connectivity index (χ2v) is 7.12. The van der Waals surface area contributed by atoms with Crippen LogP contribution in [-0.4, -0.2) is 44.9 Å². The smallest absolute Gasteiger partial charge is 0.165 e. The van der Waals surface area contributed by atoms with Crippen LogP contribution in [0.15, 0.2) is 61.1 Å². The van der Waals surface area contributed by atoms with E-state index in [1.165, 1.54) is 0 Å². The lowest BCUT2D eigenvalue weighted by atomic mass is 10.2. The van der Waals surface area contributed by atoms with E-state index in [-0.39, 0.29) is 6.04 Å². The molecule has 0 spiro atoms. The molecule has 0 bridgehead atoms. The van der Waals surface area contributed by atoms with Crippen molar-refractivity contribution in [3.63, 3.8) is 0 Å². The maximum absolute atomic E-state index is 5.85. The first-order valence-electron chi connectivity index (χ1n) is 9.68. The Labute approximate surface area is 170 Å². The normalized spacial score (nSPS) is 11.2. The molecule has 1 aromatic carbocycles. The monoisotopic (exact) mass is 388 g/mol. The molecule has 0 aliphatic rings. The summed E-state index contributed by atoms with van der Waals surface area (Å²) in [5, 5.41) is 5.47. The highest BCUT2D eigenvalue weighted by molar-refractivity contribution is 5.88. The van der Waals surface area contributed by atoms with Crippen molar-refractivity contribution in [2.45, 2.75) is 19.9 Å². The molecule has 0 aliphatic heterocycles. The average Bonchev–Trinajstić information content (AvgIpc) is 3.19. The number of para-hydroxylation sites is 1. The fraction of sp³-hybridized carbons (Fsp3) is 0.273. The first kappa shape index (κ1) is 18.9. The zero-order valence-electron chi connectivity index (χ0n) is 16.9. The number of fused-ring (bicyclic) bond motifs is 1. The number of rotatable bonds is 7. The summed E-state index contributed by atoms with van der Waals surface area (Å²) in [6.45, 7) is 5.41. The van der Waals surface area contributed by atoms with Crippen molar-refractivity contribution in [2.24, 2.45) is 0 Å². The quantitative estimate of drug-likeness (QED) is 0.477. The van der Waals surface area contributed by atoms with Crippen LogP contribution >= 0.6 is 0 Å². The van der Waals surface area contributed by atoms with E-state index in [0.717, 1.165) is 28.2 Å². The summed E-state index contributed by atoms with van der Waals surface area (Å²) in [7, 11) is 2.01. The predicted octanol–water partition coefficient (Wildman–Crippen LogP) is 3.98. The highest BCUT2D eigenvalue weighted by Crippen LogP contribution is 2.28. The molecule has 7 heteroatoms. The minimum Gasteiger partial charge on any atom is -0.492 e. The van der Waals surface area contributed by atoms with Gasteiger partial charge in [0.2, 0.25) is 0 Å². The van der Waals surface area contributed by atoms with Crippen LogP contribution in [-0.2, 0) is 0 Å². The molecular weight excluding hydrogens is 364 g/mol. The molecule has 0 aliphatic carbocycles. The molecule has 4 rings (SSSR count). The van der Waals surface area contributed by atoms with Crippen molar-refractivity contribution in [1.82, 2.24) is 24.7 Å². The standard InChI is InChI=1S/C22H24N6O/c1-16(2)28-22-19(15-24-28)21(25-20(26-22)17-8-7-11-23-14-17)27(3)12-13-29-18-9-5-4-6-10-18/h4-11,14-16H,12-13H2,1-3H3. The van der Waals surface area contributed by atoms with Gasteiger partial charge in [-0.2, -0.15) is 5.10 Å². The number of aromatic nitrogens is 5. The van der Waals surface area contributed by atoms with Crippen molar-refractivity contribution < 1.29 is 4.74 Å². The van der Waals surface area contributed by atoms with E-state index < -0.39 is 0 Å². The van der Waals surface area contributed by atoms with E-state index in [0.29, 0.717) is 19.0 Å². The zero-order chi connectivity index (χ0) is 20.2. The molecule has 0 saturated heterocycles. The molecule has 0 amide bonds. The Morgan fingerprint density at radius 3 is 2.59 bits per heavy atom. The minimum atomic E-state index is 0.198. The SMILES string of the molecule is CC(C)n1ncc2c(N(C)CCOc3ccccc3)nc(-c3cccnc3)nc21. The average molecular weight is 388 g/mol. The van der Waals surface area contributed by atoms with Gasteiger partial charge in [0.1, 0.15) is 18.2 Å². The number of likely N-dealkylation sites (N-methyl/N-ethyl adjacent to an activating group) is 1. The van der Waals surface area contributed by atoms with E-state index in [9.17, 15) is 0 Å². The maximum atomic E-state index is 5.85. The van der Waals surface area contributed by atoms with Gasteiger partial charge in [0.15, 0.2) is 11.5 Å². The Bertz CT molecular complexity index is 1080. The van der Waals surface area contributed by atoms with Gasteiger partial charge in [-0.1, -0.05) is 18.2 Å². The Kier molecular flexibility index (Phi) is 5.37. The summed E-state index contributed by atoms with van der Waals surface area (Å²) in [6, 6.07) is 13.9. The lowest BCUT2D eigenvalue weighted by molar-refractivity contribution is 0.326. The van der Waals surface area contributed by atoms with E-state index in [1.807, 2.05) is 60.4 Å². The van der Waals surface area contributed by atoms with Gasteiger partial charge in [0.25, 0.3) is 0 Å². The zero-order valence-corrected chi connectivity index (χ0v) is 16.9. The first-order valence-corrected chi connectivity index (χ1v) is 9.68. The molecule has 0 fully saturated rings. The number of ether oxygens (including phenoxy) is 1. The van der Waals surface area contributed by atoms with Crippen LogP contribution in [0.5, 0.6) is 5.75 Å². The third-order valence-electron chi connectivity index (χ3n) is 4.64. The van der Waals surface area contributed by atoms with Crippen LogP contribution in [0.4, 0.5) is 5.82 Å². The molecule has 4 aromatic rings. The van der Waals surface area contributed by atoms with Crippen molar-refractivity contribution in [1.29, 1.82) is 0 Å². The highest BCUT2D eigenvalue weighted by atomic mass is 16.5. The largest absolute Gasteiger partial charge is 0.492 e. The van der Waals surface area contributed by atoms with Gasteiger partial charge in [0.05, 0.1) is 18.1 Å². The van der Waals surface area contributed by atoms with Gasteiger partial charge in [-0.05, 0) is 38.1 Å². The van der Waals surface area contributed by atoms with Crippen molar-refractivity contribution >= 4 is 16.9 Å². The predicted molar refractivity (Wildman–Crippen MR) is 114 cm³/mol. The Balaban J connectivity index is 1.66. The van der Waals surface area contributed by atoms with Crippen LogP contribution in [0.3, 0.4) is 0 Å². The molecule has 0 radical (unpaired) electrons. The number of pyridine rings is 1. The maximum Gasteiger partial charge on any atom is 0.165 e. The minimum absolute atomic E-state index is 0.198. The fourth-order valence-corrected chi connectivity index (χ4v) is 3.13. The summed E-state index contributed by atoms with van der Waals surface area (Å²) in [5.41, 5.74) is 1.70. The lowest BCUT2D eigenvalue weighted by Crippen LogP contribution is -2.25. The summed E-state index contributed by atoms with van der Waals surface area (Å²) in [6.07, 6.45) is 5.36. The van der Waals surface area contributed by atoms with Crippen molar-refractivity contribution in [3.8, 4) is 17.1 Å². The van der Waals surface area contributed by atoms with E-state index in [1.54, 1.807) is 12.4 Å². The third-order valence-corrected chi connectivity index (χ3v) is 4.64. The Morgan fingerprint density at radius 2 is 1.86 bits per heavy atom. The molecule has 0 saturated carbocycles. The van der Waals surface area contributed by atoms with Gasteiger partial charge in [0, 0.05) is 31.0 Å². The molecule has 29 heavy (non-hydrogen) atoms. The van der Waals surface area contributed by atoms with Crippen LogP contribution in [0.2, 0.25) is 0 Å². The fourth-order valence-electron chi connectivity index (χ4n) is 3.13. The van der Waals surface area contributed by atoms with E-state index >= 15 is 0 Å². The Hall–Kier alpha value is -3.48. The molecule has 7 nitrogen and oxygen atoms in total. The van der Waals surface area contributed by atoms with Gasteiger partial charge < -0.3 is 9.64 Å². The van der Waals surface area contributed by atoms with Gasteiger partial charge in [-0.25, -0.2) is 14.6 Å².